The maximum atomic E-state index is 12.3. The second-order valence-corrected chi connectivity index (χ2v) is 8.84. The zero-order valence-electron chi connectivity index (χ0n) is 17.0. The van der Waals surface area contributed by atoms with Crippen LogP contribution in [-0.2, 0) is 4.79 Å². The van der Waals surface area contributed by atoms with Gasteiger partial charge in [0.1, 0.15) is 12.3 Å². The Morgan fingerprint density at radius 3 is 2.70 bits per heavy atom. The summed E-state index contributed by atoms with van der Waals surface area (Å²) in [6, 6.07) is 10.0. The van der Waals surface area contributed by atoms with E-state index in [1.807, 2.05) is 29.6 Å². The van der Waals surface area contributed by atoms with Crippen molar-refractivity contribution in [3.63, 3.8) is 0 Å². The molecule has 1 fully saturated rings. The van der Waals surface area contributed by atoms with Gasteiger partial charge in [0.2, 0.25) is 5.91 Å². The normalized spacial score (nSPS) is 13.7. The first-order chi connectivity index (χ1) is 14.5. The molecule has 156 valence electrons. The number of ether oxygens (including phenoxy) is 1. The number of hydrogen-bond acceptors (Lipinski definition) is 6. The molecule has 7 nitrogen and oxygen atoms in total. The third-order valence-electron chi connectivity index (χ3n) is 4.97. The fourth-order valence-electron chi connectivity index (χ4n) is 3.51. The van der Waals surface area contributed by atoms with Crippen LogP contribution in [0.15, 0.2) is 35.7 Å². The SMILES string of the molecule is COc1ccc(-n2c(C)cc(-c3csc(NC(=O)CN4CCSC4=O)n3)c2C)cc1. The lowest BCUT2D eigenvalue weighted by atomic mass is 10.2. The summed E-state index contributed by atoms with van der Waals surface area (Å²) in [6.45, 7) is 4.78. The Balaban J connectivity index is 1.52. The van der Waals surface area contributed by atoms with E-state index in [0.29, 0.717) is 11.7 Å². The number of nitrogens with zero attached hydrogens (tertiary/aromatic N) is 3. The van der Waals surface area contributed by atoms with E-state index in [-0.39, 0.29) is 17.7 Å². The fourth-order valence-corrected chi connectivity index (χ4v) is 5.06. The molecule has 9 heteroatoms. The van der Waals surface area contributed by atoms with Crippen molar-refractivity contribution in [2.45, 2.75) is 13.8 Å². The second-order valence-electron chi connectivity index (χ2n) is 6.94. The molecule has 0 aliphatic carbocycles. The summed E-state index contributed by atoms with van der Waals surface area (Å²) in [5.74, 6) is 1.32. The van der Waals surface area contributed by atoms with Gasteiger partial charge in [-0.3, -0.25) is 9.59 Å². The minimum atomic E-state index is -0.226. The van der Waals surface area contributed by atoms with E-state index in [9.17, 15) is 9.59 Å². The van der Waals surface area contributed by atoms with Crippen LogP contribution in [0.3, 0.4) is 0 Å². The lowest BCUT2D eigenvalue weighted by Crippen LogP contribution is -2.33. The summed E-state index contributed by atoms with van der Waals surface area (Å²) in [7, 11) is 1.65. The van der Waals surface area contributed by atoms with Crippen molar-refractivity contribution in [3.05, 3.63) is 47.1 Å². The number of thioether (sulfide) groups is 1. The Hall–Kier alpha value is -2.78. The van der Waals surface area contributed by atoms with Gasteiger partial charge in [-0.25, -0.2) is 4.98 Å². The summed E-state index contributed by atoms with van der Waals surface area (Å²) < 4.78 is 7.42. The van der Waals surface area contributed by atoms with E-state index >= 15 is 0 Å². The van der Waals surface area contributed by atoms with Crippen molar-refractivity contribution in [1.29, 1.82) is 0 Å². The summed E-state index contributed by atoms with van der Waals surface area (Å²) in [5, 5.41) is 5.23. The molecular formula is C21H22N4O3S2. The molecule has 1 saturated heterocycles. The van der Waals surface area contributed by atoms with Crippen LogP contribution in [-0.4, -0.2) is 51.5 Å². The van der Waals surface area contributed by atoms with E-state index in [1.54, 1.807) is 12.0 Å². The number of carbonyl (C=O) groups excluding carboxylic acids is 2. The molecule has 2 aromatic heterocycles. The van der Waals surface area contributed by atoms with Gasteiger partial charge < -0.3 is 19.5 Å². The minimum absolute atomic E-state index is 0.0454. The first-order valence-electron chi connectivity index (χ1n) is 9.47. The van der Waals surface area contributed by atoms with Crippen molar-refractivity contribution in [1.82, 2.24) is 14.5 Å². The molecule has 3 aromatic rings. The van der Waals surface area contributed by atoms with Crippen LogP contribution in [0.2, 0.25) is 0 Å². The number of amides is 2. The Morgan fingerprint density at radius 2 is 2.03 bits per heavy atom. The summed E-state index contributed by atoms with van der Waals surface area (Å²) in [6.07, 6.45) is 0. The first kappa shape index (κ1) is 20.5. The number of aryl methyl sites for hydroxylation is 1. The summed E-state index contributed by atoms with van der Waals surface area (Å²) >= 11 is 2.62. The number of anilines is 1. The molecule has 1 aromatic carbocycles. The highest BCUT2D eigenvalue weighted by atomic mass is 32.2. The molecule has 0 bridgehead atoms. The molecule has 0 saturated carbocycles. The van der Waals surface area contributed by atoms with Gasteiger partial charge in [0.15, 0.2) is 5.13 Å². The third-order valence-corrected chi connectivity index (χ3v) is 6.62. The van der Waals surface area contributed by atoms with Crippen molar-refractivity contribution < 1.29 is 14.3 Å². The molecule has 1 aliphatic rings. The number of aromatic nitrogens is 2. The quantitative estimate of drug-likeness (QED) is 0.615. The predicted molar refractivity (Wildman–Crippen MR) is 121 cm³/mol. The van der Waals surface area contributed by atoms with E-state index in [0.717, 1.165) is 39.8 Å². The average molecular weight is 443 g/mol. The van der Waals surface area contributed by atoms with E-state index < -0.39 is 0 Å². The van der Waals surface area contributed by atoms with Crippen LogP contribution < -0.4 is 10.1 Å². The Bertz CT molecular complexity index is 1090. The highest BCUT2D eigenvalue weighted by Crippen LogP contribution is 2.32. The van der Waals surface area contributed by atoms with Crippen LogP contribution in [0.1, 0.15) is 11.4 Å². The smallest absolute Gasteiger partial charge is 0.282 e. The standard InChI is InChI=1S/C21H22N4O3S2/c1-13-10-17(14(2)25(13)15-4-6-16(28-3)7-5-15)18-12-30-20(22-18)23-19(26)11-24-8-9-29-21(24)27/h4-7,10,12H,8-9,11H2,1-3H3,(H,22,23,26). The van der Waals surface area contributed by atoms with Gasteiger partial charge in [0, 0.05) is 40.3 Å². The van der Waals surface area contributed by atoms with E-state index in [1.165, 1.54) is 23.1 Å². The molecule has 3 heterocycles. The number of methoxy groups -OCH3 is 1. The summed E-state index contributed by atoms with van der Waals surface area (Å²) in [4.78, 5) is 30.1. The van der Waals surface area contributed by atoms with Crippen molar-refractivity contribution in [2.24, 2.45) is 0 Å². The van der Waals surface area contributed by atoms with Gasteiger partial charge in [0.25, 0.3) is 5.24 Å². The van der Waals surface area contributed by atoms with Gasteiger partial charge in [0.05, 0.1) is 12.8 Å². The monoisotopic (exact) mass is 442 g/mol. The molecule has 0 radical (unpaired) electrons. The highest BCUT2D eigenvalue weighted by molar-refractivity contribution is 8.13. The lowest BCUT2D eigenvalue weighted by Gasteiger charge is -2.12. The maximum Gasteiger partial charge on any atom is 0.282 e. The Labute approximate surface area is 183 Å². The van der Waals surface area contributed by atoms with Crippen LogP contribution in [0.25, 0.3) is 16.9 Å². The van der Waals surface area contributed by atoms with Crippen LogP contribution >= 0.6 is 23.1 Å². The van der Waals surface area contributed by atoms with Crippen LogP contribution in [0, 0.1) is 13.8 Å². The largest absolute Gasteiger partial charge is 0.497 e. The van der Waals surface area contributed by atoms with Gasteiger partial charge in [-0.1, -0.05) is 11.8 Å². The van der Waals surface area contributed by atoms with Gasteiger partial charge in [-0.15, -0.1) is 11.3 Å². The number of hydrogen-bond donors (Lipinski definition) is 1. The van der Waals surface area contributed by atoms with E-state index in [2.05, 4.69) is 34.8 Å². The van der Waals surface area contributed by atoms with Crippen LogP contribution in [0.4, 0.5) is 9.93 Å². The average Bonchev–Trinajstić information content (AvgIpc) is 3.42. The minimum Gasteiger partial charge on any atom is -0.497 e. The van der Waals surface area contributed by atoms with E-state index in [4.69, 9.17) is 4.74 Å². The molecular weight excluding hydrogens is 420 g/mol. The summed E-state index contributed by atoms with van der Waals surface area (Å²) in [5.41, 5.74) is 5.05. The van der Waals surface area contributed by atoms with Gasteiger partial charge in [-0.05, 0) is 44.2 Å². The van der Waals surface area contributed by atoms with Crippen molar-refractivity contribution in [2.75, 3.05) is 31.3 Å². The Kier molecular flexibility index (Phi) is 5.83. The molecule has 0 atom stereocenters. The van der Waals surface area contributed by atoms with Gasteiger partial charge >= 0.3 is 0 Å². The topological polar surface area (TPSA) is 76.5 Å². The number of benzene rings is 1. The predicted octanol–water partition coefficient (Wildman–Crippen LogP) is 4.33. The number of carbonyl (C=O) groups is 2. The van der Waals surface area contributed by atoms with Crippen molar-refractivity contribution in [3.8, 4) is 22.7 Å². The zero-order chi connectivity index (χ0) is 21.3. The van der Waals surface area contributed by atoms with Crippen LogP contribution in [0.5, 0.6) is 5.75 Å². The highest BCUT2D eigenvalue weighted by Gasteiger charge is 2.23. The Morgan fingerprint density at radius 1 is 1.27 bits per heavy atom. The molecule has 1 N–H and O–H groups in total. The number of thiazole rings is 1. The lowest BCUT2D eigenvalue weighted by molar-refractivity contribution is -0.116. The maximum absolute atomic E-state index is 12.3. The molecule has 1 aliphatic heterocycles. The number of nitrogens with one attached hydrogen (secondary N) is 1. The van der Waals surface area contributed by atoms with Crippen molar-refractivity contribution >= 4 is 39.4 Å². The molecule has 0 spiro atoms. The molecule has 30 heavy (non-hydrogen) atoms. The fraction of sp³-hybridized carbons (Fsp3) is 0.286. The first-order valence-corrected chi connectivity index (χ1v) is 11.3. The second kappa shape index (κ2) is 8.53. The van der Waals surface area contributed by atoms with Gasteiger partial charge in [-0.2, -0.15) is 0 Å². The molecule has 0 unspecified atom stereocenters. The molecule has 2 amide bonds. The number of rotatable bonds is 6. The molecule has 4 rings (SSSR count). The third kappa shape index (κ3) is 4.08. The zero-order valence-corrected chi connectivity index (χ0v) is 18.6.